The Balaban J connectivity index is 0.000000259. The summed E-state index contributed by atoms with van der Waals surface area (Å²) in [5.74, 6) is 0. The van der Waals surface area contributed by atoms with Gasteiger partial charge in [0.05, 0.1) is 62.0 Å². The third-order valence-corrected chi connectivity index (χ3v) is 19.9. The van der Waals surface area contributed by atoms with Crippen LogP contribution in [0.25, 0.3) is 44.5 Å². The SMILES string of the molecule is CC#N.Cc1ccc(-c2cc(C)cc(-c3ccc(C)cc3)c2N2C(C)C2C)cc1.Cc1ccc(-c2cc(C)cc(-c3ccc(C)cc3)c2N2C(C)C2C)cc1.FC(F)(F)c1cc([B-](c2cc(C(F)(F)F)cc(C(F)(F)F)c2)(c2cc(C(F)(F)F)cc(C(F)(F)F)c2)c2cc(C(F)(F)F)cc(C(F)(F)F)c2)cc(C(F)(F)F)c1.[CH3-].[Pd+2]. The van der Waals surface area contributed by atoms with E-state index in [1.165, 1.54) is 96.2 Å². The Kier molecular flexibility index (Phi) is 27.0. The van der Waals surface area contributed by atoms with Crippen molar-refractivity contribution in [3.05, 3.63) is 279 Å². The van der Waals surface area contributed by atoms with Gasteiger partial charge in [-0.1, -0.05) is 168 Å². The molecule has 2 fully saturated rings. The van der Waals surface area contributed by atoms with Gasteiger partial charge >= 0.3 is 69.8 Å². The molecule has 0 radical (unpaired) electrons. The molecule has 2 aliphatic rings. The Hall–Kier alpha value is -9.66. The summed E-state index contributed by atoms with van der Waals surface area (Å²) in [4.78, 5) is 5.12. The first-order valence-electron chi connectivity index (χ1n) is 34.4. The minimum Gasteiger partial charge on any atom is -0.361 e. The van der Waals surface area contributed by atoms with Gasteiger partial charge in [-0.2, -0.15) is 132 Å². The van der Waals surface area contributed by atoms with Gasteiger partial charge in [-0.3, -0.25) is 0 Å². The second-order valence-electron chi connectivity index (χ2n) is 28.1. The van der Waals surface area contributed by atoms with Crippen molar-refractivity contribution in [2.45, 2.75) is 150 Å². The molecule has 10 aromatic carbocycles. The van der Waals surface area contributed by atoms with Gasteiger partial charge in [-0.25, -0.2) is 0 Å². The van der Waals surface area contributed by atoms with Gasteiger partial charge in [0.2, 0.25) is 0 Å². The number of aryl methyl sites for hydroxylation is 6. The third-order valence-electron chi connectivity index (χ3n) is 19.9. The molecule has 10 aromatic rings. The molecule has 4 unspecified atom stereocenters. The molecular weight excluding hydrogens is 1640 g/mol. The molecule has 2 saturated heterocycles. The first-order valence-corrected chi connectivity index (χ1v) is 34.4. The first kappa shape index (κ1) is 91.5. The van der Waals surface area contributed by atoms with Crippen LogP contribution >= 0.6 is 0 Å². The smallest absolute Gasteiger partial charge is 0.361 e. The van der Waals surface area contributed by atoms with Crippen molar-refractivity contribution < 1.29 is 126 Å². The standard InChI is InChI=1S/C32H12BF24.2C25H27N.C2H3N.CH3.Pd/c34-25(35,36)13-1-14(26(37,38)39)6-21(5-13)33(22-7-15(27(40,41)42)2-16(8-22)28(43,44)45,23-9-17(29(46,47)48)3-18(10-23)30(49,50)51)24-11-19(31(52,53)54)4-20(12-24)32(55,56)57;2*1-16-6-10-21(11-7-16)23-14-18(3)15-24(22-12-8-17(2)9-13-22)25(23)26-19(4)20(26)5;1-2-3;;/h1-12H;2*6-15,19-20H,1-5H3;1H3;1H3;/q-1;;;;-1;+2. The van der Waals surface area contributed by atoms with Gasteiger partial charge in [0, 0.05) is 53.3 Å². The maximum atomic E-state index is 14.2. The fourth-order valence-corrected chi connectivity index (χ4v) is 13.8. The maximum Gasteiger partial charge on any atom is 2.00 e. The zero-order valence-electron chi connectivity index (χ0n) is 62.6. The summed E-state index contributed by atoms with van der Waals surface area (Å²) in [6, 6.07) is 40.4. The molecule has 0 spiro atoms. The van der Waals surface area contributed by atoms with Crippen molar-refractivity contribution in [3.63, 3.8) is 0 Å². The summed E-state index contributed by atoms with van der Waals surface area (Å²) in [6.07, 6.45) is -54.8. The van der Waals surface area contributed by atoms with Gasteiger partial charge in [0.1, 0.15) is 6.15 Å². The van der Waals surface area contributed by atoms with Crippen LogP contribution in [0.15, 0.2) is 194 Å². The van der Waals surface area contributed by atoms with Crippen molar-refractivity contribution in [2.75, 3.05) is 9.80 Å². The average Bonchev–Trinajstić information content (AvgIpc) is 1.37. The van der Waals surface area contributed by atoms with E-state index >= 15 is 0 Å². The molecule has 4 atom stereocenters. The second-order valence-corrected chi connectivity index (χ2v) is 28.1. The predicted octanol–water partition coefficient (Wildman–Crippen LogP) is 25.3. The summed E-state index contributed by atoms with van der Waals surface area (Å²) >= 11 is 0. The Labute approximate surface area is 656 Å². The number of halogens is 24. The number of anilines is 2. The van der Waals surface area contributed by atoms with Gasteiger partial charge in [0.25, 0.3) is 0 Å². The molecule has 0 amide bonds. The molecule has 0 bridgehead atoms. The zero-order valence-corrected chi connectivity index (χ0v) is 64.1. The largest absolute Gasteiger partial charge is 2.00 e. The van der Waals surface area contributed by atoms with Gasteiger partial charge in [-0.15, -0.1) is 0 Å². The van der Waals surface area contributed by atoms with Crippen LogP contribution in [-0.2, 0) is 69.8 Å². The normalized spacial score (nSPS) is 15.8. The summed E-state index contributed by atoms with van der Waals surface area (Å²) in [7, 11) is 0. The number of nitriles is 1. The minimum absolute atomic E-state index is 0. The second kappa shape index (κ2) is 33.6. The molecule has 29 heteroatoms. The van der Waals surface area contributed by atoms with E-state index < -0.39 is 195 Å². The Morgan fingerprint density at radius 3 is 0.526 bits per heavy atom. The molecule has 0 N–H and O–H groups in total. The van der Waals surface area contributed by atoms with E-state index in [0.717, 1.165) is 0 Å². The van der Waals surface area contributed by atoms with Crippen molar-refractivity contribution in [3.8, 4) is 50.6 Å². The molecular formula is C85H72BF24N3Pd. The van der Waals surface area contributed by atoms with Crippen LogP contribution in [0, 0.1) is 60.3 Å². The van der Waals surface area contributed by atoms with Crippen LogP contribution in [0.1, 0.15) is 113 Å². The molecule has 0 saturated carbocycles. The van der Waals surface area contributed by atoms with Crippen molar-refractivity contribution in [1.29, 1.82) is 5.26 Å². The van der Waals surface area contributed by atoms with E-state index in [1.54, 1.807) is 6.07 Å². The van der Waals surface area contributed by atoms with E-state index in [0.29, 0.717) is 24.2 Å². The van der Waals surface area contributed by atoms with Crippen LogP contribution in [0.4, 0.5) is 117 Å². The molecule has 114 heavy (non-hydrogen) atoms. The van der Waals surface area contributed by atoms with E-state index in [1.807, 2.05) is 0 Å². The molecule has 608 valence electrons. The number of hydrogen-bond acceptors (Lipinski definition) is 3. The summed E-state index contributed by atoms with van der Waals surface area (Å²) in [6.45, 7) is 23.7. The van der Waals surface area contributed by atoms with Crippen LogP contribution < -0.4 is 31.7 Å². The quantitative estimate of drug-likeness (QED) is 0.0592. The molecule has 0 aromatic heterocycles. The first-order chi connectivity index (χ1) is 51.6. The predicted molar refractivity (Wildman–Crippen MR) is 394 cm³/mol. The van der Waals surface area contributed by atoms with E-state index in [2.05, 4.69) is 200 Å². The number of alkyl halides is 24. The van der Waals surface area contributed by atoms with Crippen LogP contribution in [-0.4, -0.2) is 30.3 Å². The Bertz CT molecular complexity index is 4360. The van der Waals surface area contributed by atoms with Crippen LogP contribution in [0.2, 0.25) is 0 Å². The summed E-state index contributed by atoms with van der Waals surface area (Å²) < 4.78 is 341. The zero-order chi connectivity index (χ0) is 83.5. The van der Waals surface area contributed by atoms with E-state index in [4.69, 9.17) is 5.26 Å². The number of rotatable bonds is 10. The monoisotopic (exact) mass is 1710 g/mol. The topological polar surface area (TPSA) is 29.8 Å². The molecule has 2 aliphatic heterocycles. The van der Waals surface area contributed by atoms with Gasteiger partial charge in [0.15, 0.2) is 0 Å². The van der Waals surface area contributed by atoms with Crippen molar-refractivity contribution in [1.82, 2.24) is 0 Å². The van der Waals surface area contributed by atoms with E-state index in [-0.39, 0.29) is 27.8 Å². The summed E-state index contributed by atoms with van der Waals surface area (Å²) in [5.41, 5.74) is -9.05. The minimum atomic E-state index is -6.13. The summed E-state index contributed by atoms with van der Waals surface area (Å²) in [5, 5.41) is 7.32. The van der Waals surface area contributed by atoms with Crippen LogP contribution in [0.3, 0.4) is 0 Å². The maximum absolute atomic E-state index is 14.2. The molecule has 2 heterocycles. The van der Waals surface area contributed by atoms with Crippen molar-refractivity contribution >= 4 is 39.4 Å². The fraction of sp³-hybridized carbons (Fsp3) is 0.271. The number of nitrogens with zero attached hydrogens (tertiary/aromatic N) is 3. The van der Waals surface area contributed by atoms with Gasteiger partial charge < -0.3 is 17.2 Å². The van der Waals surface area contributed by atoms with E-state index in [9.17, 15) is 105 Å². The van der Waals surface area contributed by atoms with Crippen LogP contribution in [0.5, 0.6) is 0 Å². The Morgan fingerprint density at radius 1 is 0.263 bits per heavy atom. The van der Waals surface area contributed by atoms with Crippen molar-refractivity contribution in [2.24, 2.45) is 0 Å². The van der Waals surface area contributed by atoms with Gasteiger partial charge in [-0.05, 0) is 151 Å². The Morgan fingerprint density at radius 2 is 0.404 bits per heavy atom. The molecule has 12 rings (SSSR count). The average molecular weight is 1710 g/mol. The third kappa shape index (κ3) is 20.5. The molecule has 0 aliphatic carbocycles. The number of hydrogen-bond donors (Lipinski definition) is 0. The number of benzene rings is 10. The fourth-order valence-electron chi connectivity index (χ4n) is 13.8. The molecule has 3 nitrogen and oxygen atoms in total.